The molecule has 0 aromatic heterocycles. The molecule has 1 unspecified atom stereocenters. The normalized spacial score (nSPS) is 14.8. The Hall–Kier alpha value is -3.10. The van der Waals surface area contributed by atoms with Crippen molar-refractivity contribution in [2.75, 3.05) is 10.8 Å². The number of benzene rings is 3. The number of carbonyl (C=O) groups is 2. The number of hydrogen-bond donors (Lipinski definition) is 1. The number of sulfonamides is 1. The lowest BCUT2D eigenvalue weighted by molar-refractivity contribution is -0.140. The van der Waals surface area contributed by atoms with Crippen LogP contribution in [-0.2, 0) is 26.2 Å². The third kappa shape index (κ3) is 5.06. The number of halogens is 1. The summed E-state index contributed by atoms with van der Waals surface area (Å²) >= 11 is 6.33. The molecule has 3 aromatic rings. The summed E-state index contributed by atoms with van der Waals surface area (Å²) in [5.74, 6) is -0.497. The van der Waals surface area contributed by atoms with Gasteiger partial charge >= 0.3 is 0 Å². The fourth-order valence-electron chi connectivity index (χ4n) is 4.51. The molecule has 1 aliphatic heterocycles. The Labute approximate surface area is 217 Å². The Kier molecular flexibility index (Phi) is 7.57. The molecule has 190 valence electrons. The van der Waals surface area contributed by atoms with Crippen molar-refractivity contribution >= 4 is 49.9 Å². The van der Waals surface area contributed by atoms with Crippen molar-refractivity contribution in [3.63, 3.8) is 0 Å². The molecular weight excluding hydrogens is 498 g/mol. The van der Waals surface area contributed by atoms with Gasteiger partial charge in [0.2, 0.25) is 11.8 Å². The van der Waals surface area contributed by atoms with Gasteiger partial charge in [-0.1, -0.05) is 54.1 Å². The van der Waals surface area contributed by atoms with E-state index in [9.17, 15) is 18.0 Å². The molecule has 0 saturated heterocycles. The topological polar surface area (TPSA) is 86.8 Å². The number of nitrogens with one attached hydrogen (secondary N) is 1. The lowest BCUT2D eigenvalue weighted by atomic mass is 10.1. The van der Waals surface area contributed by atoms with Crippen molar-refractivity contribution in [2.45, 2.75) is 57.1 Å². The van der Waals surface area contributed by atoms with Gasteiger partial charge < -0.3 is 10.2 Å². The van der Waals surface area contributed by atoms with E-state index in [1.165, 1.54) is 9.21 Å². The van der Waals surface area contributed by atoms with E-state index in [-0.39, 0.29) is 37.4 Å². The molecule has 4 rings (SSSR count). The fourth-order valence-corrected chi connectivity index (χ4v) is 6.46. The van der Waals surface area contributed by atoms with Gasteiger partial charge in [0, 0.05) is 36.0 Å². The van der Waals surface area contributed by atoms with Crippen LogP contribution < -0.4 is 9.62 Å². The maximum Gasteiger partial charge on any atom is 0.265 e. The zero-order valence-electron chi connectivity index (χ0n) is 20.6. The molecule has 0 aliphatic carbocycles. The molecule has 1 atom stereocenters. The summed E-state index contributed by atoms with van der Waals surface area (Å²) in [6, 6.07) is 17.2. The maximum atomic E-state index is 13.4. The van der Waals surface area contributed by atoms with Crippen molar-refractivity contribution in [3.05, 3.63) is 71.2 Å². The molecule has 1 heterocycles. The first-order valence-corrected chi connectivity index (χ1v) is 13.8. The molecule has 1 N–H and O–H groups in total. The van der Waals surface area contributed by atoms with E-state index < -0.39 is 16.1 Å². The first-order valence-electron chi connectivity index (χ1n) is 12.0. The number of anilines is 1. The van der Waals surface area contributed by atoms with Gasteiger partial charge in [-0.05, 0) is 56.3 Å². The van der Waals surface area contributed by atoms with Crippen molar-refractivity contribution in [3.8, 4) is 0 Å². The minimum atomic E-state index is -3.69. The highest BCUT2D eigenvalue weighted by Gasteiger charge is 2.35. The summed E-state index contributed by atoms with van der Waals surface area (Å²) in [5.41, 5.74) is 1.37. The summed E-state index contributed by atoms with van der Waals surface area (Å²) in [5, 5.41) is 4.95. The van der Waals surface area contributed by atoms with Crippen LogP contribution in [-0.4, -0.2) is 43.8 Å². The summed E-state index contributed by atoms with van der Waals surface area (Å²) in [4.78, 5) is 27.9. The van der Waals surface area contributed by atoms with Gasteiger partial charge in [0.15, 0.2) is 0 Å². The smallest absolute Gasteiger partial charge is 0.265 e. The first kappa shape index (κ1) is 26.0. The Morgan fingerprint density at radius 3 is 2.39 bits per heavy atom. The predicted molar refractivity (Wildman–Crippen MR) is 142 cm³/mol. The summed E-state index contributed by atoms with van der Waals surface area (Å²) < 4.78 is 27.8. The Balaban J connectivity index is 1.51. The zero-order valence-corrected chi connectivity index (χ0v) is 22.1. The van der Waals surface area contributed by atoms with Crippen molar-refractivity contribution in [1.82, 2.24) is 10.2 Å². The fraction of sp³-hybridized carbons (Fsp3) is 0.333. The van der Waals surface area contributed by atoms with Crippen molar-refractivity contribution in [2.24, 2.45) is 0 Å². The first-order chi connectivity index (χ1) is 17.1. The van der Waals surface area contributed by atoms with E-state index >= 15 is 0 Å². The van der Waals surface area contributed by atoms with Crippen LogP contribution in [0.1, 0.15) is 39.2 Å². The third-order valence-corrected chi connectivity index (χ3v) is 8.55. The van der Waals surface area contributed by atoms with E-state index in [1.54, 1.807) is 31.2 Å². The van der Waals surface area contributed by atoms with Gasteiger partial charge in [0.05, 0.1) is 10.6 Å². The van der Waals surface area contributed by atoms with Gasteiger partial charge in [-0.15, -0.1) is 0 Å². The van der Waals surface area contributed by atoms with Crippen LogP contribution >= 0.6 is 11.6 Å². The minimum absolute atomic E-state index is 0.0677. The SMILES string of the molecule is CC(C)NC(=O)C(C)N(Cc1ccccc1Cl)C(=O)CCCN1c2cccc3cccc(c23)S1(=O)=O. The Morgan fingerprint density at radius 1 is 1.00 bits per heavy atom. The van der Waals surface area contributed by atoms with Crippen LogP contribution in [0, 0.1) is 0 Å². The Morgan fingerprint density at radius 2 is 1.69 bits per heavy atom. The summed E-state index contributed by atoms with van der Waals surface area (Å²) in [7, 11) is -3.69. The molecule has 0 fully saturated rings. The molecule has 9 heteroatoms. The second-order valence-electron chi connectivity index (χ2n) is 9.26. The highest BCUT2D eigenvalue weighted by Crippen LogP contribution is 2.42. The van der Waals surface area contributed by atoms with Crippen molar-refractivity contribution in [1.29, 1.82) is 0 Å². The molecule has 36 heavy (non-hydrogen) atoms. The van der Waals surface area contributed by atoms with E-state index in [4.69, 9.17) is 11.6 Å². The molecule has 1 aliphatic rings. The maximum absolute atomic E-state index is 13.4. The highest BCUT2D eigenvalue weighted by molar-refractivity contribution is 7.93. The van der Waals surface area contributed by atoms with Crippen LogP contribution in [0.25, 0.3) is 10.8 Å². The summed E-state index contributed by atoms with van der Waals surface area (Å²) in [6.07, 6.45) is 0.391. The van der Waals surface area contributed by atoms with E-state index in [0.29, 0.717) is 27.4 Å². The van der Waals surface area contributed by atoms with Crippen LogP contribution in [0.5, 0.6) is 0 Å². The molecule has 0 saturated carbocycles. The monoisotopic (exact) mass is 527 g/mol. The summed E-state index contributed by atoms with van der Waals surface area (Å²) in [6.45, 7) is 5.75. The van der Waals surface area contributed by atoms with Gasteiger partial charge in [0.25, 0.3) is 10.0 Å². The number of hydrogen-bond acceptors (Lipinski definition) is 4. The van der Waals surface area contributed by atoms with E-state index in [0.717, 1.165) is 10.9 Å². The lowest BCUT2D eigenvalue weighted by Crippen LogP contribution is -2.49. The molecule has 7 nitrogen and oxygen atoms in total. The van der Waals surface area contributed by atoms with Gasteiger partial charge in [-0.25, -0.2) is 8.42 Å². The second kappa shape index (κ2) is 10.5. The van der Waals surface area contributed by atoms with Crippen LogP contribution in [0.15, 0.2) is 65.6 Å². The van der Waals surface area contributed by atoms with Crippen LogP contribution in [0.3, 0.4) is 0 Å². The van der Waals surface area contributed by atoms with Gasteiger partial charge in [-0.3, -0.25) is 13.9 Å². The minimum Gasteiger partial charge on any atom is -0.352 e. The largest absolute Gasteiger partial charge is 0.352 e. The third-order valence-electron chi connectivity index (χ3n) is 6.33. The van der Waals surface area contributed by atoms with Crippen LogP contribution in [0.4, 0.5) is 5.69 Å². The molecule has 3 aromatic carbocycles. The molecule has 2 amide bonds. The second-order valence-corrected chi connectivity index (χ2v) is 11.5. The predicted octanol–water partition coefficient (Wildman–Crippen LogP) is 4.72. The average Bonchev–Trinajstić information content (AvgIpc) is 3.05. The van der Waals surface area contributed by atoms with E-state index in [2.05, 4.69) is 5.32 Å². The molecule has 0 spiro atoms. The number of carbonyl (C=O) groups excluding carboxylic acids is 2. The quantitative estimate of drug-likeness (QED) is 0.436. The number of rotatable bonds is 9. The highest BCUT2D eigenvalue weighted by atomic mass is 35.5. The van der Waals surface area contributed by atoms with Gasteiger partial charge in [-0.2, -0.15) is 0 Å². The molecule has 0 radical (unpaired) electrons. The Bertz CT molecular complexity index is 1400. The zero-order chi connectivity index (χ0) is 26.0. The standard InChI is InChI=1S/C27H30ClN3O4S/c1-18(2)29-27(33)19(3)30(17-21-9-4-5-12-22(21)28)25(32)15-8-16-31-23-13-6-10-20-11-7-14-24(26(20)23)36(31,34)35/h4-7,9-14,18-19H,8,15-17H2,1-3H3,(H,29,33). The molecular formula is C27H30ClN3O4S. The molecule has 0 bridgehead atoms. The van der Waals surface area contributed by atoms with Crippen LogP contribution in [0.2, 0.25) is 5.02 Å². The van der Waals surface area contributed by atoms with E-state index in [1.807, 2.05) is 50.2 Å². The number of nitrogens with zero attached hydrogens (tertiary/aromatic N) is 2. The van der Waals surface area contributed by atoms with Gasteiger partial charge in [0.1, 0.15) is 6.04 Å². The average molecular weight is 528 g/mol. The lowest BCUT2D eigenvalue weighted by Gasteiger charge is -2.30. The number of amides is 2. The van der Waals surface area contributed by atoms with Crippen molar-refractivity contribution < 1.29 is 18.0 Å².